The molecule has 0 saturated carbocycles. The maximum absolute atomic E-state index is 5.82. The molecule has 1 aromatic carbocycles. The second-order valence-corrected chi connectivity index (χ2v) is 6.62. The van der Waals surface area contributed by atoms with Crippen LogP contribution in [0.2, 0.25) is 0 Å². The van der Waals surface area contributed by atoms with E-state index in [-0.39, 0.29) is 5.41 Å². The number of hydrogen-bond acceptors (Lipinski definition) is 2. The van der Waals surface area contributed by atoms with Gasteiger partial charge in [-0.2, -0.15) is 0 Å². The molecular formula is C16H18OS. The van der Waals surface area contributed by atoms with E-state index < -0.39 is 0 Å². The van der Waals surface area contributed by atoms with Crippen LogP contribution in [0.5, 0.6) is 0 Å². The van der Waals surface area contributed by atoms with Gasteiger partial charge in [-0.25, -0.2) is 0 Å². The van der Waals surface area contributed by atoms with Crippen LogP contribution >= 0.6 is 11.8 Å². The highest BCUT2D eigenvalue weighted by molar-refractivity contribution is 7.99. The van der Waals surface area contributed by atoms with Gasteiger partial charge in [0.1, 0.15) is 0 Å². The van der Waals surface area contributed by atoms with E-state index in [1.807, 2.05) is 12.3 Å². The summed E-state index contributed by atoms with van der Waals surface area (Å²) in [5.74, 6) is 0. The molecule has 0 saturated heterocycles. The minimum Gasteiger partial charge on any atom is -0.457 e. The molecule has 0 radical (unpaired) electrons. The molecule has 0 N–H and O–H groups in total. The normalized spacial score (nSPS) is 17.4. The average Bonchev–Trinajstić information content (AvgIpc) is 2.75. The summed E-state index contributed by atoms with van der Waals surface area (Å²) in [6.07, 6.45) is 5.65. The number of aryl methyl sites for hydroxylation is 1. The van der Waals surface area contributed by atoms with Crippen molar-refractivity contribution in [2.24, 2.45) is 0 Å². The van der Waals surface area contributed by atoms with E-state index in [1.54, 1.807) is 11.8 Å². The van der Waals surface area contributed by atoms with E-state index in [0.717, 1.165) is 11.5 Å². The highest BCUT2D eigenvalue weighted by Crippen LogP contribution is 2.45. The monoisotopic (exact) mass is 258 g/mol. The van der Waals surface area contributed by atoms with Crippen LogP contribution in [0.3, 0.4) is 0 Å². The SMILES string of the molecule is CC1(C)CCCc2coc(Sc3ccccc3)c21. The first-order valence-corrected chi connectivity index (χ1v) is 7.32. The summed E-state index contributed by atoms with van der Waals surface area (Å²) in [7, 11) is 0. The maximum atomic E-state index is 5.82. The molecule has 3 rings (SSSR count). The molecule has 94 valence electrons. The molecule has 1 heterocycles. The first kappa shape index (κ1) is 11.9. The summed E-state index contributed by atoms with van der Waals surface area (Å²) in [4.78, 5) is 1.25. The molecule has 0 amide bonds. The van der Waals surface area contributed by atoms with E-state index in [1.165, 1.54) is 28.9 Å². The molecule has 0 aliphatic heterocycles. The number of rotatable bonds is 2. The molecular weight excluding hydrogens is 240 g/mol. The Bertz CT molecular complexity index is 539. The lowest BCUT2D eigenvalue weighted by Gasteiger charge is -2.30. The highest BCUT2D eigenvalue weighted by Gasteiger charge is 2.32. The largest absolute Gasteiger partial charge is 0.457 e. The standard InChI is InChI=1S/C16H18OS/c1-16(2)10-6-7-12-11-17-15(14(12)16)18-13-8-4-3-5-9-13/h3-5,8-9,11H,6-7,10H2,1-2H3. The highest BCUT2D eigenvalue weighted by atomic mass is 32.2. The average molecular weight is 258 g/mol. The summed E-state index contributed by atoms with van der Waals surface area (Å²) in [5.41, 5.74) is 3.09. The number of benzene rings is 1. The summed E-state index contributed by atoms with van der Waals surface area (Å²) in [5, 5.41) is 1.08. The number of furan rings is 1. The lowest BCUT2D eigenvalue weighted by Crippen LogP contribution is -2.23. The molecule has 18 heavy (non-hydrogen) atoms. The Morgan fingerprint density at radius 3 is 2.72 bits per heavy atom. The lowest BCUT2D eigenvalue weighted by atomic mass is 9.75. The Balaban J connectivity index is 1.97. The lowest BCUT2D eigenvalue weighted by molar-refractivity contribution is 0.403. The zero-order valence-corrected chi connectivity index (χ0v) is 11.7. The van der Waals surface area contributed by atoms with Crippen LogP contribution in [0.1, 0.15) is 37.8 Å². The van der Waals surface area contributed by atoms with Crippen molar-refractivity contribution in [2.75, 3.05) is 0 Å². The van der Waals surface area contributed by atoms with Gasteiger partial charge < -0.3 is 4.42 Å². The van der Waals surface area contributed by atoms with Crippen LogP contribution < -0.4 is 0 Å². The molecule has 0 spiro atoms. The molecule has 1 aromatic heterocycles. The topological polar surface area (TPSA) is 13.1 Å². The van der Waals surface area contributed by atoms with Crippen molar-refractivity contribution >= 4 is 11.8 Å². The van der Waals surface area contributed by atoms with Gasteiger partial charge in [-0.1, -0.05) is 43.8 Å². The number of hydrogen-bond donors (Lipinski definition) is 0. The van der Waals surface area contributed by atoms with Crippen molar-refractivity contribution in [2.45, 2.75) is 48.5 Å². The van der Waals surface area contributed by atoms with Crippen molar-refractivity contribution in [3.05, 3.63) is 47.7 Å². The number of fused-ring (bicyclic) bond motifs is 1. The zero-order valence-electron chi connectivity index (χ0n) is 10.9. The Labute approximate surface area is 113 Å². The summed E-state index contributed by atoms with van der Waals surface area (Å²) < 4.78 is 5.82. The van der Waals surface area contributed by atoms with Gasteiger partial charge in [-0.3, -0.25) is 0 Å². The first-order valence-electron chi connectivity index (χ1n) is 6.50. The van der Waals surface area contributed by atoms with Gasteiger partial charge in [0.15, 0.2) is 5.09 Å². The quantitative estimate of drug-likeness (QED) is 0.748. The van der Waals surface area contributed by atoms with Gasteiger partial charge in [-0.15, -0.1) is 0 Å². The van der Waals surface area contributed by atoms with Gasteiger partial charge >= 0.3 is 0 Å². The van der Waals surface area contributed by atoms with Gasteiger partial charge in [0, 0.05) is 10.5 Å². The van der Waals surface area contributed by atoms with E-state index >= 15 is 0 Å². The zero-order chi connectivity index (χ0) is 12.6. The maximum Gasteiger partial charge on any atom is 0.168 e. The Hall–Kier alpha value is -1.15. The fourth-order valence-corrected chi connectivity index (χ4v) is 3.90. The Morgan fingerprint density at radius 2 is 1.94 bits per heavy atom. The molecule has 1 nitrogen and oxygen atoms in total. The molecule has 1 aliphatic rings. The molecule has 2 heteroatoms. The predicted molar refractivity (Wildman–Crippen MR) is 75.2 cm³/mol. The van der Waals surface area contributed by atoms with Gasteiger partial charge in [0.25, 0.3) is 0 Å². The van der Waals surface area contributed by atoms with Crippen LogP contribution in [0, 0.1) is 0 Å². The van der Waals surface area contributed by atoms with Crippen molar-refractivity contribution in [1.29, 1.82) is 0 Å². The third-order valence-electron chi connectivity index (χ3n) is 3.71. The molecule has 1 aliphatic carbocycles. The third kappa shape index (κ3) is 2.10. The Kier molecular flexibility index (Phi) is 2.98. The summed E-state index contributed by atoms with van der Waals surface area (Å²) in [6, 6.07) is 10.5. The van der Waals surface area contributed by atoms with Crippen molar-refractivity contribution < 1.29 is 4.42 Å². The van der Waals surface area contributed by atoms with E-state index in [9.17, 15) is 0 Å². The molecule has 0 bridgehead atoms. The van der Waals surface area contributed by atoms with Crippen LogP contribution in [0.4, 0.5) is 0 Å². The first-order chi connectivity index (χ1) is 8.67. The fraction of sp³-hybridized carbons (Fsp3) is 0.375. The minimum atomic E-state index is 0.248. The van der Waals surface area contributed by atoms with Gasteiger partial charge in [-0.05, 0) is 42.4 Å². The third-order valence-corrected chi connectivity index (χ3v) is 4.71. The fourth-order valence-electron chi connectivity index (χ4n) is 2.78. The molecule has 0 atom stereocenters. The van der Waals surface area contributed by atoms with Gasteiger partial charge in [0.2, 0.25) is 0 Å². The Morgan fingerprint density at radius 1 is 1.17 bits per heavy atom. The minimum absolute atomic E-state index is 0.248. The summed E-state index contributed by atoms with van der Waals surface area (Å²) in [6.45, 7) is 4.66. The van der Waals surface area contributed by atoms with Crippen LogP contribution in [-0.2, 0) is 11.8 Å². The second-order valence-electron chi connectivity index (χ2n) is 5.58. The predicted octanol–water partition coefficient (Wildman–Crippen LogP) is 5.04. The van der Waals surface area contributed by atoms with Crippen molar-refractivity contribution in [1.82, 2.24) is 0 Å². The van der Waals surface area contributed by atoms with Crippen LogP contribution in [-0.4, -0.2) is 0 Å². The van der Waals surface area contributed by atoms with Crippen LogP contribution in [0.15, 0.2) is 51.0 Å². The molecule has 0 fully saturated rings. The van der Waals surface area contributed by atoms with E-state index in [2.05, 4.69) is 38.1 Å². The second kappa shape index (κ2) is 4.51. The smallest absolute Gasteiger partial charge is 0.168 e. The van der Waals surface area contributed by atoms with Crippen molar-refractivity contribution in [3.8, 4) is 0 Å². The van der Waals surface area contributed by atoms with Crippen LogP contribution in [0.25, 0.3) is 0 Å². The molecule has 0 unspecified atom stereocenters. The van der Waals surface area contributed by atoms with Crippen molar-refractivity contribution in [3.63, 3.8) is 0 Å². The van der Waals surface area contributed by atoms with E-state index in [4.69, 9.17) is 4.42 Å². The summed E-state index contributed by atoms with van der Waals surface area (Å²) >= 11 is 1.74. The van der Waals surface area contributed by atoms with Gasteiger partial charge in [0.05, 0.1) is 6.26 Å². The van der Waals surface area contributed by atoms with E-state index in [0.29, 0.717) is 0 Å². The molecule has 2 aromatic rings.